The quantitative estimate of drug-likeness (QED) is 0.0485. The number of hydrogen-bond donors (Lipinski definition) is 1. The molecule has 5 rings (SSSR count). The van der Waals surface area contributed by atoms with Gasteiger partial charge in [-0.2, -0.15) is 13.9 Å². The number of aromatic nitrogens is 4. The number of benzene rings is 2. The number of aromatic amines is 1. The predicted octanol–water partition coefficient (Wildman–Crippen LogP) is 7.58. The predicted molar refractivity (Wildman–Crippen MR) is 183 cm³/mol. The van der Waals surface area contributed by atoms with Crippen LogP contribution in [0.5, 0.6) is 11.5 Å². The molecule has 2 heterocycles. The number of H-pyrrole nitrogens is 1. The van der Waals surface area contributed by atoms with Gasteiger partial charge >= 0.3 is 12.1 Å². The van der Waals surface area contributed by atoms with Crippen LogP contribution in [-0.2, 0) is 4.74 Å². The third-order valence-corrected chi connectivity index (χ3v) is 8.47. The van der Waals surface area contributed by atoms with E-state index < -0.39 is 58.6 Å². The van der Waals surface area contributed by atoms with Crippen LogP contribution >= 0.6 is 0 Å². The molecule has 1 aliphatic carbocycles. The van der Waals surface area contributed by atoms with Crippen LogP contribution in [0.1, 0.15) is 85.6 Å². The van der Waals surface area contributed by atoms with E-state index >= 15 is 0 Å². The Balaban J connectivity index is 1.47. The number of rotatable bonds is 13. The Hall–Kier alpha value is -5.12. The molecule has 16 heteroatoms. The van der Waals surface area contributed by atoms with Crippen LogP contribution in [0.2, 0.25) is 0 Å². The van der Waals surface area contributed by atoms with Crippen LogP contribution in [0.3, 0.4) is 0 Å². The molecule has 2 aromatic carbocycles. The lowest BCUT2D eigenvalue weighted by Crippen LogP contribution is -2.41. The second-order valence-electron chi connectivity index (χ2n) is 13.9. The first-order chi connectivity index (χ1) is 25.0. The van der Waals surface area contributed by atoms with E-state index in [1.165, 1.54) is 19.1 Å². The molecule has 0 saturated heterocycles. The molecule has 0 aliphatic heterocycles. The first-order valence-corrected chi connectivity index (χ1v) is 17.0. The Morgan fingerprint density at radius 1 is 0.981 bits per heavy atom. The van der Waals surface area contributed by atoms with Crippen LogP contribution < -0.4 is 9.47 Å². The highest BCUT2D eigenvalue weighted by Crippen LogP contribution is 2.40. The van der Waals surface area contributed by atoms with Gasteiger partial charge in [-0.1, -0.05) is 6.07 Å². The first-order valence-electron chi connectivity index (χ1n) is 17.0. The van der Waals surface area contributed by atoms with Crippen molar-refractivity contribution in [2.24, 2.45) is 0 Å². The van der Waals surface area contributed by atoms with Gasteiger partial charge in [0.15, 0.2) is 11.9 Å². The lowest BCUT2D eigenvalue weighted by Gasteiger charge is -2.29. The van der Waals surface area contributed by atoms with Gasteiger partial charge < -0.3 is 24.0 Å². The van der Waals surface area contributed by atoms with Gasteiger partial charge in [0.2, 0.25) is 34.8 Å². The lowest BCUT2D eigenvalue weighted by molar-refractivity contribution is 0.0240. The van der Waals surface area contributed by atoms with E-state index in [1.807, 2.05) is 37.2 Å². The smallest absolute Gasteiger partial charge is 0.410 e. The molecule has 0 spiro atoms. The molecule has 1 N–H and O–H groups in total. The molecule has 0 radical (unpaired) electrons. The third kappa shape index (κ3) is 9.28. The van der Waals surface area contributed by atoms with Crippen LogP contribution in [0.15, 0.2) is 30.5 Å². The number of likely N-dealkylation sites (N-methyl/N-ethyl adjacent to an activating group) is 2. The zero-order valence-corrected chi connectivity index (χ0v) is 30.5. The number of ether oxygens (including phenoxy) is 3. The fourth-order valence-corrected chi connectivity index (χ4v) is 5.44. The zero-order valence-electron chi connectivity index (χ0n) is 30.5. The lowest BCUT2D eigenvalue weighted by atomic mass is 10.0. The van der Waals surface area contributed by atoms with E-state index in [1.54, 1.807) is 32.6 Å². The van der Waals surface area contributed by atoms with Gasteiger partial charge in [0.05, 0.1) is 16.8 Å². The number of esters is 1. The van der Waals surface area contributed by atoms with Crippen molar-refractivity contribution in [1.82, 2.24) is 30.0 Å². The Kier molecular flexibility index (Phi) is 11.7. The zero-order chi connectivity index (χ0) is 38.8. The summed E-state index contributed by atoms with van der Waals surface area (Å²) in [5.41, 5.74) is 1.12. The van der Waals surface area contributed by atoms with Gasteiger partial charge in [0, 0.05) is 32.4 Å². The average molecular weight is 745 g/mol. The van der Waals surface area contributed by atoms with E-state index in [9.17, 15) is 31.5 Å². The van der Waals surface area contributed by atoms with Crippen LogP contribution in [0.4, 0.5) is 26.7 Å². The van der Waals surface area contributed by atoms with Crippen molar-refractivity contribution >= 4 is 12.1 Å². The Bertz CT molecular complexity index is 1950. The van der Waals surface area contributed by atoms with Crippen LogP contribution in [0, 0.1) is 42.9 Å². The largest absolute Gasteiger partial charge is 0.482 e. The molecule has 11 nitrogen and oxygen atoms in total. The van der Waals surface area contributed by atoms with Crippen LogP contribution in [0.25, 0.3) is 11.4 Å². The summed E-state index contributed by atoms with van der Waals surface area (Å²) in [6.45, 7) is 11.9. The molecule has 1 atom stereocenters. The van der Waals surface area contributed by atoms with Gasteiger partial charge in [-0.15, -0.1) is 0 Å². The highest BCUT2D eigenvalue weighted by Gasteiger charge is 2.31. The SMILES string of the molecule is CCN(CCN(C)C[C@@H](Oc1cc(C)c(C(=O)Oc2c(F)c(F)c(F)c(F)c2F)cc1-c1n[nH]c(C)n1)c1ccc(C2CC2)cn1)C(=O)OC(C)(C)C. The van der Waals surface area contributed by atoms with Crippen molar-refractivity contribution in [2.75, 3.05) is 33.2 Å². The summed E-state index contributed by atoms with van der Waals surface area (Å²) in [6.07, 6.45) is 2.85. The van der Waals surface area contributed by atoms with E-state index in [4.69, 9.17) is 19.2 Å². The highest BCUT2D eigenvalue weighted by molar-refractivity contribution is 5.94. The number of hydrogen-bond acceptors (Lipinski definition) is 9. The van der Waals surface area contributed by atoms with Crippen molar-refractivity contribution in [3.8, 4) is 22.9 Å². The number of amides is 1. The standard InChI is InChI=1S/C37H41F5N6O5/c1-8-48(36(50)53-37(4,5)6)14-13-47(7)18-27(25-12-11-22(17-43-25)21-9-10-21)51-26-15-19(2)23(16-24(26)34-44-20(3)45-46-34)35(49)52-33-31(41)29(39)28(38)30(40)32(33)42/h11-12,15-17,21,27H,8-10,13-14,18H2,1-7H3,(H,44,45,46)/t27-/m1/s1. The summed E-state index contributed by atoms with van der Waals surface area (Å²) >= 11 is 0. The van der Waals surface area contributed by atoms with E-state index in [0.717, 1.165) is 18.4 Å². The molecule has 284 valence electrons. The molecule has 4 aromatic rings. The topological polar surface area (TPSA) is 123 Å². The third-order valence-electron chi connectivity index (χ3n) is 8.47. The number of pyridine rings is 1. The van der Waals surface area contributed by atoms with Gasteiger partial charge in [-0.3, -0.25) is 10.1 Å². The van der Waals surface area contributed by atoms with Gasteiger partial charge in [-0.25, -0.2) is 27.7 Å². The normalized spacial score (nSPS) is 13.6. The van der Waals surface area contributed by atoms with Crippen molar-refractivity contribution in [3.63, 3.8) is 0 Å². The van der Waals surface area contributed by atoms with Crippen molar-refractivity contribution in [1.29, 1.82) is 0 Å². The number of nitrogens with zero attached hydrogens (tertiary/aromatic N) is 5. The Labute approximate surface area is 303 Å². The monoisotopic (exact) mass is 744 g/mol. The fourth-order valence-electron chi connectivity index (χ4n) is 5.44. The summed E-state index contributed by atoms with van der Waals surface area (Å²) in [7, 11) is 1.86. The number of carbonyl (C=O) groups excluding carboxylic acids is 2. The van der Waals surface area contributed by atoms with Gasteiger partial charge in [0.1, 0.15) is 17.2 Å². The molecular formula is C37H41F5N6O5. The number of carbonyl (C=O) groups is 2. The number of halogens is 5. The summed E-state index contributed by atoms with van der Waals surface area (Å²) in [6, 6.07) is 6.60. The summed E-state index contributed by atoms with van der Waals surface area (Å²) in [5, 5.41) is 6.91. The minimum atomic E-state index is -2.39. The van der Waals surface area contributed by atoms with E-state index in [-0.39, 0.29) is 34.8 Å². The van der Waals surface area contributed by atoms with Crippen molar-refractivity contribution < 1.29 is 45.8 Å². The molecule has 2 aromatic heterocycles. The first kappa shape index (κ1) is 39.1. The second-order valence-corrected chi connectivity index (χ2v) is 13.9. The maximum Gasteiger partial charge on any atom is 0.410 e. The summed E-state index contributed by atoms with van der Waals surface area (Å²) in [4.78, 5) is 38.7. The summed E-state index contributed by atoms with van der Waals surface area (Å²) in [5.74, 6) is -13.5. The minimum Gasteiger partial charge on any atom is -0.482 e. The fraction of sp³-hybridized carbons (Fsp3) is 0.432. The minimum absolute atomic E-state index is 0.0860. The Morgan fingerprint density at radius 2 is 1.64 bits per heavy atom. The van der Waals surface area contributed by atoms with Crippen molar-refractivity contribution in [3.05, 3.63) is 87.8 Å². The summed E-state index contributed by atoms with van der Waals surface area (Å²) < 4.78 is 87.1. The van der Waals surface area contributed by atoms with Crippen LogP contribution in [-0.4, -0.2) is 80.9 Å². The number of aryl methyl sites for hydroxylation is 2. The molecule has 0 bridgehead atoms. The molecule has 1 saturated carbocycles. The van der Waals surface area contributed by atoms with Crippen molar-refractivity contribution in [2.45, 2.75) is 72.0 Å². The van der Waals surface area contributed by atoms with Gasteiger partial charge in [-0.05, 0) is 96.7 Å². The average Bonchev–Trinajstić information content (AvgIpc) is 3.87. The Morgan fingerprint density at radius 3 is 2.19 bits per heavy atom. The van der Waals surface area contributed by atoms with Gasteiger partial charge in [0.25, 0.3) is 0 Å². The maximum atomic E-state index is 14.4. The second kappa shape index (κ2) is 15.9. The molecule has 0 unspecified atom stereocenters. The maximum absolute atomic E-state index is 14.4. The molecule has 1 amide bonds. The molecule has 1 aliphatic rings. The molecule has 1 fully saturated rings. The number of nitrogens with one attached hydrogen (secondary N) is 1. The van der Waals surface area contributed by atoms with E-state index in [0.29, 0.717) is 37.1 Å². The highest BCUT2D eigenvalue weighted by atomic mass is 19.2. The van der Waals surface area contributed by atoms with E-state index in [2.05, 4.69) is 15.2 Å². The molecule has 53 heavy (non-hydrogen) atoms. The molecular weight excluding hydrogens is 703 g/mol.